The van der Waals surface area contributed by atoms with Gasteiger partial charge in [-0.05, 0) is 62.2 Å². The number of benzene rings is 2. The van der Waals surface area contributed by atoms with Crippen LogP contribution in [0.15, 0.2) is 60.2 Å². The van der Waals surface area contributed by atoms with Gasteiger partial charge in [-0.1, -0.05) is 31.2 Å². The van der Waals surface area contributed by atoms with Crippen molar-refractivity contribution >= 4 is 33.6 Å². The number of nitriles is 1. The summed E-state index contributed by atoms with van der Waals surface area (Å²) in [7, 11) is 0. The van der Waals surface area contributed by atoms with Gasteiger partial charge in [0.25, 0.3) is 0 Å². The van der Waals surface area contributed by atoms with E-state index in [1.165, 1.54) is 11.3 Å². The molecule has 0 unspecified atom stereocenters. The highest BCUT2D eigenvalue weighted by Crippen LogP contribution is 2.36. The Morgan fingerprint density at radius 3 is 2.69 bits per heavy atom. The zero-order chi connectivity index (χ0) is 22.7. The zero-order valence-electron chi connectivity index (χ0n) is 18.3. The van der Waals surface area contributed by atoms with Gasteiger partial charge in [0.15, 0.2) is 0 Å². The second kappa shape index (κ2) is 9.21. The normalized spacial score (nSPS) is 11.5. The fraction of sp³-hybridized carbons (Fsp3) is 0.192. The second-order valence-corrected chi connectivity index (χ2v) is 8.55. The van der Waals surface area contributed by atoms with E-state index in [0.29, 0.717) is 5.75 Å². The molecule has 0 atom stereocenters. The van der Waals surface area contributed by atoms with Crippen molar-refractivity contribution < 1.29 is 9.53 Å². The minimum Gasteiger partial charge on any atom is -0.422 e. The topological polar surface area (TPSA) is 67.9 Å². The van der Waals surface area contributed by atoms with E-state index in [1.54, 1.807) is 18.2 Å². The molecule has 0 saturated carbocycles. The van der Waals surface area contributed by atoms with Gasteiger partial charge in [0.05, 0.1) is 15.8 Å². The molecule has 160 valence electrons. The molecule has 0 aliphatic rings. The molecule has 0 spiro atoms. The maximum absolute atomic E-state index is 12.9. The van der Waals surface area contributed by atoms with Crippen molar-refractivity contribution in [1.29, 1.82) is 5.26 Å². The molecular weight excluding hydrogens is 418 g/mol. The van der Waals surface area contributed by atoms with Crippen molar-refractivity contribution in [3.63, 3.8) is 0 Å². The highest BCUT2D eigenvalue weighted by molar-refractivity contribution is 7.21. The largest absolute Gasteiger partial charge is 0.422 e. The summed E-state index contributed by atoms with van der Waals surface area (Å²) in [4.78, 5) is 17.6. The first kappa shape index (κ1) is 21.5. The van der Waals surface area contributed by atoms with Crippen molar-refractivity contribution in [3.8, 4) is 22.4 Å². The van der Waals surface area contributed by atoms with E-state index in [1.807, 2.05) is 62.4 Å². The van der Waals surface area contributed by atoms with Gasteiger partial charge in [-0.2, -0.15) is 5.26 Å². The standard InChI is InChI=1S/C26H23N3O2S/c1-4-13-29-17(2)14-19(18(29)3)15-20(16-27)26(30)31-23-11-7-5-9-21(23)25-28-22-10-6-8-12-24(22)32-25/h5-12,14-15H,4,13H2,1-3H3/b20-15+. The number of nitrogens with zero attached hydrogens (tertiary/aromatic N) is 3. The quantitative estimate of drug-likeness (QED) is 0.152. The minimum atomic E-state index is -0.679. The van der Waals surface area contributed by atoms with E-state index in [-0.39, 0.29) is 5.57 Å². The Labute approximate surface area is 191 Å². The van der Waals surface area contributed by atoms with Crippen LogP contribution in [-0.2, 0) is 11.3 Å². The van der Waals surface area contributed by atoms with Crippen LogP contribution < -0.4 is 4.74 Å². The summed E-state index contributed by atoms with van der Waals surface area (Å²) in [5.41, 5.74) is 4.56. The summed E-state index contributed by atoms with van der Waals surface area (Å²) in [6, 6.07) is 19.1. The number of hydrogen-bond acceptors (Lipinski definition) is 5. The summed E-state index contributed by atoms with van der Waals surface area (Å²) < 4.78 is 8.92. The number of ether oxygens (including phenoxy) is 1. The van der Waals surface area contributed by atoms with Crippen LogP contribution in [0.1, 0.15) is 30.3 Å². The summed E-state index contributed by atoms with van der Waals surface area (Å²) in [6.07, 6.45) is 2.62. The summed E-state index contributed by atoms with van der Waals surface area (Å²) in [6.45, 7) is 7.04. The van der Waals surface area contributed by atoms with Crippen molar-refractivity contribution in [1.82, 2.24) is 9.55 Å². The van der Waals surface area contributed by atoms with Crippen LogP contribution in [0.5, 0.6) is 5.75 Å². The Bertz CT molecular complexity index is 1340. The summed E-state index contributed by atoms with van der Waals surface area (Å²) >= 11 is 1.53. The number of carbonyl (C=O) groups is 1. The lowest BCUT2D eigenvalue weighted by Crippen LogP contribution is -2.11. The van der Waals surface area contributed by atoms with Crippen molar-refractivity contribution in [2.24, 2.45) is 0 Å². The van der Waals surface area contributed by atoms with E-state index in [9.17, 15) is 10.1 Å². The van der Waals surface area contributed by atoms with Crippen LogP contribution in [0, 0.1) is 25.2 Å². The lowest BCUT2D eigenvalue weighted by atomic mass is 10.1. The highest BCUT2D eigenvalue weighted by atomic mass is 32.1. The number of aromatic nitrogens is 2. The van der Waals surface area contributed by atoms with Gasteiger partial charge in [0, 0.05) is 17.9 Å². The van der Waals surface area contributed by atoms with Crippen LogP contribution in [0.2, 0.25) is 0 Å². The maximum Gasteiger partial charge on any atom is 0.354 e. The SMILES string of the molecule is CCCn1c(C)cc(/C=C(\C#N)C(=O)Oc2ccccc2-c2nc3ccccc3s2)c1C. The van der Waals surface area contributed by atoms with E-state index in [0.717, 1.165) is 50.7 Å². The molecule has 5 nitrogen and oxygen atoms in total. The zero-order valence-corrected chi connectivity index (χ0v) is 19.1. The van der Waals surface area contributed by atoms with Crippen LogP contribution in [0.4, 0.5) is 0 Å². The number of hydrogen-bond donors (Lipinski definition) is 0. The molecule has 0 radical (unpaired) electrons. The molecule has 4 rings (SSSR count). The number of para-hydroxylation sites is 2. The number of aryl methyl sites for hydroxylation is 1. The van der Waals surface area contributed by atoms with E-state index < -0.39 is 5.97 Å². The molecule has 0 aliphatic carbocycles. The lowest BCUT2D eigenvalue weighted by molar-refractivity contribution is -0.129. The van der Waals surface area contributed by atoms with E-state index in [4.69, 9.17) is 4.74 Å². The van der Waals surface area contributed by atoms with Crippen molar-refractivity contribution in [2.45, 2.75) is 33.7 Å². The number of rotatable bonds is 6. The molecule has 2 aromatic carbocycles. The van der Waals surface area contributed by atoms with Gasteiger partial charge in [-0.3, -0.25) is 0 Å². The number of carbonyl (C=O) groups excluding carboxylic acids is 1. The molecule has 2 aromatic heterocycles. The fourth-order valence-electron chi connectivity index (χ4n) is 3.71. The molecule has 4 aromatic rings. The number of fused-ring (bicyclic) bond motifs is 1. The third kappa shape index (κ3) is 4.20. The minimum absolute atomic E-state index is 0.0409. The second-order valence-electron chi connectivity index (χ2n) is 7.52. The van der Waals surface area contributed by atoms with E-state index >= 15 is 0 Å². The van der Waals surface area contributed by atoms with Crippen molar-refractivity contribution in [3.05, 3.63) is 77.1 Å². The molecule has 0 aliphatic heterocycles. The van der Waals surface area contributed by atoms with Gasteiger partial charge in [0.1, 0.15) is 22.4 Å². The molecule has 6 heteroatoms. The highest BCUT2D eigenvalue weighted by Gasteiger charge is 2.18. The fourth-order valence-corrected chi connectivity index (χ4v) is 4.70. The van der Waals surface area contributed by atoms with Gasteiger partial charge < -0.3 is 9.30 Å². The van der Waals surface area contributed by atoms with Crippen LogP contribution >= 0.6 is 11.3 Å². The molecule has 2 heterocycles. The van der Waals surface area contributed by atoms with Crippen molar-refractivity contribution in [2.75, 3.05) is 0 Å². The first-order chi connectivity index (χ1) is 15.5. The Hall–Kier alpha value is -3.69. The molecule has 0 saturated heterocycles. The summed E-state index contributed by atoms with van der Waals surface area (Å²) in [5.74, 6) is -0.296. The molecule has 0 bridgehead atoms. The molecule has 32 heavy (non-hydrogen) atoms. The average Bonchev–Trinajstić information content (AvgIpc) is 3.34. The van der Waals surface area contributed by atoms with Gasteiger partial charge in [-0.15, -0.1) is 11.3 Å². The Balaban J connectivity index is 1.65. The van der Waals surface area contributed by atoms with Crippen LogP contribution in [0.3, 0.4) is 0 Å². The lowest BCUT2D eigenvalue weighted by Gasteiger charge is -2.08. The maximum atomic E-state index is 12.9. The molecule has 0 fully saturated rings. The third-order valence-electron chi connectivity index (χ3n) is 5.31. The smallest absolute Gasteiger partial charge is 0.354 e. The van der Waals surface area contributed by atoms with Crippen LogP contribution in [-0.4, -0.2) is 15.5 Å². The first-order valence-corrected chi connectivity index (χ1v) is 11.3. The third-order valence-corrected chi connectivity index (χ3v) is 6.38. The predicted octanol–water partition coefficient (Wildman–Crippen LogP) is 6.30. The first-order valence-electron chi connectivity index (χ1n) is 10.5. The van der Waals surface area contributed by atoms with Gasteiger partial charge in [-0.25, -0.2) is 9.78 Å². The van der Waals surface area contributed by atoms with E-state index in [2.05, 4.69) is 16.5 Å². The summed E-state index contributed by atoms with van der Waals surface area (Å²) in [5, 5.41) is 10.4. The predicted molar refractivity (Wildman–Crippen MR) is 128 cm³/mol. The number of thiazole rings is 1. The Kier molecular flexibility index (Phi) is 6.20. The Morgan fingerprint density at radius 1 is 1.19 bits per heavy atom. The number of esters is 1. The molecular formula is C26H23N3O2S. The van der Waals surface area contributed by atoms with Gasteiger partial charge >= 0.3 is 5.97 Å². The Morgan fingerprint density at radius 2 is 1.94 bits per heavy atom. The van der Waals surface area contributed by atoms with Gasteiger partial charge in [0.2, 0.25) is 0 Å². The monoisotopic (exact) mass is 441 g/mol. The average molecular weight is 442 g/mol. The van der Waals surface area contributed by atoms with Crippen LogP contribution in [0.25, 0.3) is 26.9 Å². The molecule has 0 amide bonds. The molecule has 0 N–H and O–H groups in total.